The van der Waals surface area contributed by atoms with E-state index in [-0.39, 0.29) is 11.3 Å². The summed E-state index contributed by atoms with van der Waals surface area (Å²) < 4.78 is 5.43. The average molecular weight is 360 g/mol. The molecule has 1 heterocycles. The van der Waals surface area contributed by atoms with Gasteiger partial charge < -0.3 is 15.8 Å². The molecule has 1 aliphatic carbocycles. The molecule has 1 aliphatic heterocycles. The summed E-state index contributed by atoms with van der Waals surface area (Å²) in [7, 11) is 0. The van der Waals surface area contributed by atoms with Crippen molar-refractivity contribution in [2.45, 2.75) is 51.5 Å². The van der Waals surface area contributed by atoms with Crippen LogP contribution in [0.4, 0.5) is 5.69 Å². The normalized spacial score (nSPS) is 21.9. The van der Waals surface area contributed by atoms with Crippen molar-refractivity contribution in [1.82, 2.24) is 4.90 Å². The quantitative estimate of drug-likeness (QED) is 0.818. The van der Waals surface area contributed by atoms with Crippen molar-refractivity contribution in [2.75, 3.05) is 38.2 Å². The van der Waals surface area contributed by atoms with Gasteiger partial charge in [-0.1, -0.05) is 31.4 Å². The summed E-state index contributed by atoms with van der Waals surface area (Å²) in [5.41, 5.74) is 8.16. The highest BCUT2D eigenvalue weighted by atomic mass is 16.5. The van der Waals surface area contributed by atoms with Crippen molar-refractivity contribution in [1.29, 1.82) is 0 Å². The number of ether oxygens (including phenoxy) is 1. The van der Waals surface area contributed by atoms with Gasteiger partial charge in [0.25, 0.3) is 0 Å². The third kappa shape index (κ3) is 4.84. The molecule has 0 aromatic heterocycles. The maximum absolute atomic E-state index is 12.5. The number of hydrogen-bond donors (Lipinski definition) is 2. The molecule has 2 fully saturated rings. The fraction of sp³-hybridized carbons (Fsp3) is 0.667. The van der Waals surface area contributed by atoms with E-state index in [2.05, 4.69) is 29.3 Å². The molecule has 3 N–H and O–H groups in total. The van der Waals surface area contributed by atoms with E-state index in [0.717, 1.165) is 44.8 Å². The number of nitrogens with zero attached hydrogens (tertiary/aromatic N) is 1. The first-order chi connectivity index (χ1) is 12.6. The molecule has 1 atom stereocenters. The molecule has 1 saturated carbocycles. The molecule has 2 aliphatic rings. The summed E-state index contributed by atoms with van der Waals surface area (Å²) >= 11 is 0. The maximum atomic E-state index is 12.5. The van der Waals surface area contributed by atoms with Crippen LogP contribution in [-0.4, -0.2) is 43.7 Å². The van der Waals surface area contributed by atoms with Crippen LogP contribution in [0.5, 0.6) is 0 Å². The second-order valence-electron chi connectivity index (χ2n) is 7.94. The predicted molar refractivity (Wildman–Crippen MR) is 105 cm³/mol. The third-order valence-corrected chi connectivity index (χ3v) is 6.15. The Hall–Kier alpha value is -1.43. The lowest BCUT2D eigenvalue weighted by Gasteiger charge is -2.35. The van der Waals surface area contributed by atoms with E-state index < -0.39 is 0 Å². The lowest BCUT2D eigenvalue weighted by atomic mass is 9.71. The first-order valence-corrected chi connectivity index (χ1v) is 10.0. The van der Waals surface area contributed by atoms with Crippen LogP contribution in [0.15, 0.2) is 24.3 Å². The monoisotopic (exact) mass is 359 g/mol. The Bertz CT molecular complexity index is 575. The van der Waals surface area contributed by atoms with E-state index in [0.29, 0.717) is 19.0 Å². The number of rotatable bonds is 6. The van der Waals surface area contributed by atoms with Gasteiger partial charge in [0.05, 0.1) is 13.2 Å². The lowest BCUT2D eigenvalue weighted by molar-refractivity contribution is -0.118. The molecule has 26 heavy (non-hydrogen) atoms. The van der Waals surface area contributed by atoms with Crippen LogP contribution in [-0.2, 0) is 9.53 Å². The van der Waals surface area contributed by atoms with Gasteiger partial charge in [-0.15, -0.1) is 0 Å². The van der Waals surface area contributed by atoms with Gasteiger partial charge in [-0.25, -0.2) is 0 Å². The molecule has 5 heteroatoms. The Morgan fingerprint density at radius 3 is 2.46 bits per heavy atom. The smallest absolute Gasteiger partial charge is 0.224 e. The van der Waals surface area contributed by atoms with E-state index in [9.17, 15) is 4.79 Å². The van der Waals surface area contributed by atoms with Crippen molar-refractivity contribution < 1.29 is 9.53 Å². The second-order valence-corrected chi connectivity index (χ2v) is 7.94. The maximum Gasteiger partial charge on any atom is 0.224 e. The molecule has 0 bridgehead atoms. The average Bonchev–Trinajstić information content (AvgIpc) is 2.69. The van der Waals surface area contributed by atoms with Gasteiger partial charge in [-0.05, 0) is 49.4 Å². The Morgan fingerprint density at radius 1 is 1.19 bits per heavy atom. The Balaban J connectivity index is 1.55. The summed E-state index contributed by atoms with van der Waals surface area (Å²) in [6, 6.07) is 8.64. The van der Waals surface area contributed by atoms with Crippen molar-refractivity contribution in [3.63, 3.8) is 0 Å². The Kier molecular flexibility index (Phi) is 6.68. The number of morpholine rings is 1. The molecule has 1 amide bonds. The number of hydrogen-bond acceptors (Lipinski definition) is 4. The van der Waals surface area contributed by atoms with Gasteiger partial charge in [-0.3, -0.25) is 9.69 Å². The van der Waals surface area contributed by atoms with Gasteiger partial charge in [0, 0.05) is 31.2 Å². The van der Waals surface area contributed by atoms with E-state index >= 15 is 0 Å². The molecule has 3 rings (SSSR count). The zero-order valence-corrected chi connectivity index (χ0v) is 16.0. The van der Waals surface area contributed by atoms with Crippen LogP contribution in [0.25, 0.3) is 0 Å². The largest absolute Gasteiger partial charge is 0.379 e. The number of anilines is 1. The topological polar surface area (TPSA) is 67.6 Å². The number of carbonyl (C=O) groups is 1. The van der Waals surface area contributed by atoms with E-state index in [1.807, 2.05) is 12.1 Å². The SMILES string of the molecule is CC(c1ccc(NC(=O)CC2(CN)CCCCC2)cc1)N1CCOCC1. The Labute approximate surface area is 157 Å². The van der Waals surface area contributed by atoms with E-state index in [1.165, 1.54) is 24.8 Å². The lowest BCUT2D eigenvalue weighted by Crippen LogP contribution is -2.38. The summed E-state index contributed by atoms with van der Waals surface area (Å²) in [5.74, 6) is 0.0892. The van der Waals surface area contributed by atoms with Gasteiger partial charge in [0.1, 0.15) is 0 Å². The minimum Gasteiger partial charge on any atom is -0.379 e. The highest BCUT2D eigenvalue weighted by Gasteiger charge is 2.33. The number of carbonyl (C=O) groups excluding carboxylic acids is 1. The van der Waals surface area contributed by atoms with Gasteiger partial charge in [-0.2, -0.15) is 0 Å². The molecular weight excluding hydrogens is 326 g/mol. The molecule has 1 saturated heterocycles. The highest BCUT2D eigenvalue weighted by molar-refractivity contribution is 5.91. The van der Waals surface area contributed by atoms with Gasteiger partial charge in [0.2, 0.25) is 5.91 Å². The molecule has 1 unspecified atom stereocenters. The molecule has 1 aromatic carbocycles. The van der Waals surface area contributed by atoms with Crippen LogP contribution in [0.1, 0.15) is 57.1 Å². The summed E-state index contributed by atoms with van der Waals surface area (Å²) in [6.45, 7) is 6.40. The van der Waals surface area contributed by atoms with Gasteiger partial charge in [0.15, 0.2) is 0 Å². The number of nitrogens with one attached hydrogen (secondary N) is 1. The van der Waals surface area contributed by atoms with Gasteiger partial charge >= 0.3 is 0 Å². The van der Waals surface area contributed by atoms with Crippen LogP contribution in [0, 0.1) is 5.41 Å². The molecule has 1 aromatic rings. The van der Waals surface area contributed by atoms with Crippen LogP contribution >= 0.6 is 0 Å². The minimum absolute atomic E-state index is 0.00706. The number of benzene rings is 1. The minimum atomic E-state index is 0.00706. The molecule has 0 radical (unpaired) electrons. The molecule has 0 spiro atoms. The third-order valence-electron chi connectivity index (χ3n) is 6.15. The van der Waals surface area contributed by atoms with Crippen molar-refractivity contribution in [3.05, 3.63) is 29.8 Å². The van der Waals surface area contributed by atoms with Crippen LogP contribution in [0.3, 0.4) is 0 Å². The van der Waals surface area contributed by atoms with Crippen molar-refractivity contribution in [3.8, 4) is 0 Å². The summed E-state index contributed by atoms with van der Waals surface area (Å²) in [6.07, 6.45) is 6.35. The summed E-state index contributed by atoms with van der Waals surface area (Å²) in [5, 5.41) is 3.07. The second kappa shape index (κ2) is 8.98. The number of nitrogens with two attached hydrogens (primary N) is 1. The number of amides is 1. The first kappa shape index (κ1) is 19.3. The van der Waals surface area contributed by atoms with E-state index in [1.54, 1.807) is 0 Å². The van der Waals surface area contributed by atoms with Crippen LogP contribution in [0.2, 0.25) is 0 Å². The van der Waals surface area contributed by atoms with Crippen LogP contribution < -0.4 is 11.1 Å². The molecule has 5 nitrogen and oxygen atoms in total. The standard InChI is InChI=1S/C21H33N3O2/c1-17(24-11-13-26-14-12-24)18-5-7-19(8-6-18)23-20(25)15-21(16-22)9-3-2-4-10-21/h5-8,17H,2-4,9-16,22H2,1H3,(H,23,25). The fourth-order valence-electron chi connectivity index (χ4n) is 4.32. The van der Waals surface area contributed by atoms with Crippen molar-refractivity contribution in [2.24, 2.45) is 11.1 Å². The van der Waals surface area contributed by atoms with Crippen molar-refractivity contribution >= 4 is 11.6 Å². The zero-order valence-electron chi connectivity index (χ0n) is 16.0. The highest BCUT2D eigenvalue weighted by Crippen LogP contribution is 2.38. The Morgan fingerprint density at radius 2 is 1.85 bits per heavy atom. The zero-order chi connectivity index (χ0) is 18.4. The fourth-order valence-corrected chi connectivity index (χ4v) is 4.32. The first-order valence-electron chi connectivity index (χ1n) is 10.0. The summed E-state index contributed by atoms with van der Waals surface area (Å²) in [4.78, 5) is 15.0. The molecule has 144 valence electrons. The van der Waals surface area contributed by atoms with E-state index in [4.69, 9.17) is 10.5 Å². The predicted octanol–water partition coefficient (Wildman–Crippen LogP) is 3.32. The molecular formula is C21H33N3O2.